The van der Waals surface area contributed by atoms with E-state index < -0.39 is 0 Å². The van der Waals surface area contributed by atoms with Gasteiger partial charge in [-0.3, -0.25) is 4.79 Å². The van der Waals surface area contributed by atoms with E-state index in [1.165, 1.54) is 0 Å². The van der Waals surface area contributed by atoms with Crippen molar-refractivity contribution in [3.63, 3.8) is 0 Å². The summed E-state index contributed by atoms with van der Waals surface area (Å²) >= 11 is 0. The highest BCUT2D eigenvalue weighted by molar-refractivity contribution is 5.94. The standard InChI is InChI=1S/C22H36N4O3/c1-3-5-12-24-20(28)19-8-6-18(7-9-19)15-25-21(23-4-2)26-16-22(10-13-27)11-14-29-17-22/h6-9,27H,3-5,10-17H2,1-2H3,(H,24,28)(H2,23,25,26). The molecule has 1 aliphatic heterocycles. The molecule has 1 aromatic carbocycles. The summed E-state index contributed by atoms with van der Waals surface area (Å²) in [7, 11) is 0. The van der Waals surface area contributed by atoms with Crippen molar-refractivity contribution in [2.45, 2.75) is 46.1 Å². The number of hydrogen-bond donors (Lipinski definition) is 4. The van der Waals surface area contributed by atoms with Crippen LogP contribution in [-0.2, 0) is 11.3 Å². The molecule has 0 spiro atoms. The Morgan fingerprint density at radius 1 is 1.21 bits per heavy atom. The van der Waals surface area contributed by atoms with Crippen molar-refractivity contribution in [1.82, 2.24) is 16.0 Å². The SMILES string of the molecule is CCCCNC(=O)c1ccc(CN=C(NCC)NCC2(CCO)CCOC2)cc1. The van der Waals surface area contributed by atoms with Crippen LogP contribution < -0.4 is 16.0 Å². The van der Waals surface area contributed by atoms with Gasteiger partial charge in [0.25, 0.3) is 5.91 Å². The molecule has 7 heteroatoms. The minimum atomic E-state index is -0.0310. The third-order valence-corrected chi connectivity index (χ3v) is 5.25. The average Bonchev–Trinajstić information content (AvgIpc) is 3.19. The summed E-state index contributed by atoms with van der Waals surface area (Å²) in [6, 6.07) is 7.58. The van der Waals surface area contributed by atoms with E-state index in [1.807, 2.05) is 31.2 Å². The van der Waals surface area contributed by atoms with Crippen LogP contribution in [0.4, 0.5) is 0 Å². The van der Waals surface area contributed by atoms with Gasteiger partial charge in [-0.15, -0.1) is 0 Å². The number of guanidine groups is 1. The highest BCUT2D eigenvalue weighted by Crippen LogP contribution is 2.31. The normalized spacial score (nSPS) is 19.2. The number of carbonyl (C=O) groups excluding carboxylic acids is 1. The fourth-order valence-electron chi connectivity index (χ4n) is 3.34. The zero-order chi connectivity index (χ0) is 21.0. The Balaban J connectivity index is 1.91. The fourth-order valence-corrected chi connectivity index (χ4v) is 3.34. The van der Waals surface area contributed by atoms with E-state index >= 15 is 0 Å². The highest BCUT2D eigenvalue weighted by atomic mass is 16.5. The molecule has 1 amide bonds. The first-order valence-corrected chi connectivity index (χ1v) is 10.7. The number of aliphatic hydroxyl groups excluding tert-OH is 1. The molecule has 162 valence electrons. The quantitative estimate of drug-likeness (QED) is 0.257. The summed E-state index contributed by atoms with van der Waals surface area (Å²) in [5.41, 5.74) is 1.69. The van der Waals surface area contributed by atoms with E-state index in [9.17, 15) is 9.90 Å². The van der Waals surface area contributed by atoms with Crippen molar-refractivity contribution in [3.05, 3.63) is 35.4 Å². The van der Waals surface area contributed by atoms with Crippen LogP contribution in [0, 0.1) is 5.41 Å². The first kappa shape index (κ1) is 23.2. The van der Waals surface area contributed by atoms with Gasteiger partial charge in [0.1, 0.15) is 0 Å². The molecule has 0 aromatic heterocycles. The lowest BCUT2D eigenvalue weighted by Crippen LogP contribution is -2.44. The second-order valence-electron chi connectivity index (χ2n) is 7.63. The van der Waals surface area contributed by atoms with Crippen molar-refractivity contribution in [2.75, 3.05) is 39.5 Å². The number of rotatable bonds is 11. The van der Waals surface area contributed by atoms with Gasteiger partial charge in [-0.2, -0.15) is 0 Å². The molecule has 1 heterocycles. The second-order valence-corrected chi connectivity index (χ2v) is 7.63. The number of nitrogens with one attached hydrogen (secondary N) is 3. The Morgan fingerprint density at radius 3 is 2.62 bits per heavy atom. The van der Waals surface area contributed by atoms with Gasteiger partial charge in [0.05, 0.1) is 13.2 Å². The number of amides is 1. The fraction of sp³-hybridized carbons (Fsp3) is 0.636. The number of nitrogens with zero attached hydrogens (tertiary/aromatic N) is 1. The predicted octanol–water partition coefficient (Wildman–Crippen LogP) is 2.06. The lowest BCUT2D eigenvalue weighted by atomic mass is 9.84. The minimum absolute atomic E-state index is 0.0300. The Labute approximate surface area is 174 Å². The summed E-state index contributed by atoms with van der Waals surface area (Å²) in [6.45, 7) is 8.44. The van der Waals surface area contributed by atoms with Gasteiger partial charge >= 0.3 is 0 Å². The van der Waals surface area contributed by atoms with E-state index in [-0.39, 0.29) is 17.9 Å². The molecule has 1 saturated heterocycles. The molecule has 0 radical (unpaired) electrons. The maximum atomic E-state index is 12.1. The van der Waals surface area contributed by atoms with Crippen LogP contribution in [0.3, 0.4) is 0 Å². The van der Waals surface area contributed by atoms with Gasteiger partial charge in [-0.05, 0) is 43.9 Å². The Kier molecular flexibility index (Phi) is 9.94. The lowest BCUT2D eigenvalue weighted by Gasteiger charge is -2.27. The summed E-state index contributed by atoms with van der Waals surface area (Å²) in [6.07, 6.45) is 3.72. The van der Waals surface area contributed by atoms with Gasteiger partial charge in [-0.25, -0.2) is 4.99 Å². The molecule has 1 atom stereocenters. The predicted molar refractivity (Wildman–Crippen MR) is 116 cm³/mol. The van der Waals surface area contributed by atoms with Crippen molar-refractivity contribution >= 4 is 11.9 Å². The highest BCUT2D eigenvalue weighted by Gasteiger charge is 2.34. The van der Waals surface area contributed by atoms with Crippen LogP contribution in [-0.4, -0.2) is 56.4 Å². The molecule has 1 unspecified atom stereocenters. The van der Waals surface area contributed by atoms with E-state index in [2.05, 4.69) is 27.9 Å². The molecule has 0 bridgehead atoms. The van der Waals surface area contributed by atoms with E-state index in [0.717, 1.165) is 56.9 Å². The van der Waals surface area contributed by atoms with Crippen LogP contribution in [0.5, 0.6) is 0 Å². The first-order valence-electron chi connectivity index (χ1n) is 10.7. The zero-order valence-corrected chi connectivity index (χ0v) is 17.8. The van der Waals surface area contributed by atoms with Gasteiger partial charge in [0.2, 0.25) is 0 Å². The molecule has 7 nitrogen and oxygen atoms in total. The number of hydrogen-bond acceptors (Lipinski definition) is 4. The summed E-state index contributed by atoms with van der Waals surface area (Å²) in [4.78, 5) is 16.8. The number of unbranched alkanes of at least 4 members (excludes halogenated alkanes) is 1. The molecule has 29 heavy (non-hydrogen) atoms. The molecular weight excluding hydrogens is 368 g/mol. The summed E-state index contributed by atoms with van der Waals surface area (Å²) < 4.78 is 5.55. The molecule has 0 saturated carbocycles. The lowest BCUT2D eigenvalue weighted by molar-refractivity contribution is 0.0953. The van der Waals surface area contributed by atoms with E-state index in [4.69, 9.17) is 4.74 Å². The molecular formula is C22H36N4O3. The topological polar surface area (TPSA) is 95.0 Å². The number of ether oxygens (including phenoxy) is 1. The van der Waals surface area contributed by atoms with Crippen molar-refractivity contribution in [2.24, 2.45) is 10.4 Å². The number of aliphatic hydroxyl groups is 1. The average molecular weight is 405 g/mol. The third-order valence-electron chi connectivity index (χ3n) is 5.25. The minimum Gasteiger partial charge on any atom is -0.396 e. The first-order chi connectivity index (χ1) is 14.1. The van der Waals surface area contributed by atoms with Gasteiger partial charge in [0.15, 0.2) is 5.96 Å². The number of aliphatic imine (C=N–C) groups is 1. The smallest absolute Gasteiger partial charge is 0.251 e. The molecule has 4 N–H and O–H groups in total. The molecule has 1 fully saturated rings. The second kappa shape index (κ2) is 12.4. The van der Waals surface area contributed by atoms with Gasteiger partial charge < -0.3 is 25.8 Å². The van der Waals surface area contributed by atoms with Crippen molar-refractivity contribution < 1.29 is 14.6 Å². The van der Waals surface area contributed by atoms with Crippen LogP contribution in [0.2, 0.25) is 0 Å². The Bertz CT molecular complexity index is 640. The van der Waals surface area contributed by atoms with E-state index in [0.29, 0.717) is 25.3 Å². The maximum absolute atomic E-state index is 12.1. The maximum Gasteiger partial charge on any atom is 0.251 e. The Morgan fingerprint density at radius 2 is 2.00 bits per heavy atom. The van der Waals surface area contributed by atoms with Crippen LogP contribution >= 0.6 is 0 Å². The van der Waals surface area contributed by atoms with Crippen LogP contribution in [0.1, 0.15) is 55.5 Å². The van der Waals surface area contributed by atoms with E-state index in [1.54, 1.807) is 0 Å². The molecule has 1 aliphatic rings. The van der Waals surface area contributed by atoms with Gasteiger partial charge in [0, 0.05) is 43.8 Å². The van der Waals surface area contributed by atoms with Gasteiger partial charge in [-0.1, -0.05) is 25.5 Å². The number of carbonyl (C=O) groups is 1. The summed E-state index contributed by atoms with van der Waals surface area (Å²) in [5, 5.41) is 19.0. The monoisotopic (exact) mass is 404 g/mol. The Hall–Kier alpha value is -2.12. The molecule has 0 aliphatic carbocycles. The summed E-state index contributed by atoms with van der Waals surface area (Å²) in [5.74, 6) is 0.717. The zero-order valence-electron chi connectivity index (χ0n) is 17.8. The van der Waals surface area contributed by atoms with Crippen molar-refractivity contribution in [1.29, 1.82) is 0 Å². The third kappa shape index (κ3) is 7.66. The van der Waals surface area contributed by atoms with Crippen LogP contribution in [0.15, 0.2) is 29.3 Å². The molecule has 1 aromatic rings. The van der Waals surface area contributed by atoms with Crippen LogP contribution in [0.25, 0.3) is 0 Å². The van der Waals surface area contributed by atoms with Crippen molar-refractivity contribution in [3.8, 4) is 0 Å². The number of benzene rings is 1. The molecule has 2 rings (SSSR count). The largest absolute Gasteiger partial charge is 0.396 e.